The van der Waals surface area contributed by atoms with Crippen LogP contribution in [-0.4, -0.2) is 62.1 Å². The molecule has 0 spiro atoms. The topological polar surface area (TPSA) is 44.8 Å². The number of piperazine rings is 1. The molecule has 0 amide bonds. The smallest absolute Gasteiger partial charge is 0.327 e. The van der Waals surface area contributed by atoms with Crippen LogP contribution in [0.25, 0.3) is 0 Å². The third-order valence-corrected chi connectivity index (χ3v) is 6.04. The average Bonchev–Trinajstić information content (AvgIpc) is 3.08. The van der Waals surface area contributed by atoms with Crippen LogP contribution in [-0.2, 0) is 16.1 Å². The predicted molar refractivity (Wildman–Crippen MR) is 110 cm³/mol. The third-order valence-electron chi connectivity index (χ3n) is 5.04. The van der Waals surface area contributed by atoms with Gasteiger partial charge in [0.05, 0.1) is 6.04 Å². The van der Waals surface area contributed by atoms with E-state index in [2.05, 4.69) is 48.3 Å². The van der Waals surface area contributed by atoms with Crippen molar-refractivity contribution in [2.45, 2.75) is 25.6 Å². The van der Waals surface area contributed by atoms with Crippen LogP contribution < -0.4 is 5.32 Å². The Hall–Kier alpha value is -1.73. The lowest BCUT2D eigenvalue weighted by molar-refractivity contribution is -0.148. The molecule has 2 aromatic rings. The van der Waals surface area contributed by atoms with Crippen molar-refractivity contribution >= 4 is 17.3 Å². The Kier molecular flexibility index (Phi) is 7.01. The summed E-state index contributed by atoms with van der Waals surface area (Å²) in [4.78, 5) is 19.9. The Morgan fingerprint density at radius 2 is 2.00 bits per heavy atom. The van der Waals surface area contributed by atoms with Crippen LogP contribution in [0.15, 0.2) is 42.5 Å². The number of nitrogens with zero attached hydrogens (tertiary/aromatic N) is 2. The van der Waals surface area contributed by atoms with Crippen molar-refractivity contribution in [2.75, 3.05) is 40.3 Å². The molecule has 0 saturated carbocycles. The number of nitrogens with one attached hydrogen (secondary N) is 1. The van der Waals surface area contributed by atoms with Crippen molar-refractivity contribution in [1.29, 1.82) is 0 Å². The summed E-state index contributed by atoms with van der Waals surface area (Å²) >= 11 is 1.75. The lowest BCUT2D eigenvalue weighted by Gasteiger charge is -2.37. The van der Waals surface area contributed by atoms with Gasteiger partial charge in [-0.25, -0.2) is 4.79 Å². The standard InChI is InChI=1S/C21H29N3O2S/c1-16-9-10-19(27-16)13-22-20(17-7-5-4-6-8-17)21(25)26-15-18-14-23(2)11-12-24(18)3/h4-10,18,20,22H,11-15H2,1-3H3. The van der Waals surface area contributed by atoms with Crippen LogP contribution >= 0.6 is 11.3 Å². The van der Waals surface area contributed by atoms with Gasteiger partial charge in [-0.15, -0.1) is 11.3 Å². The molecule has 5 nitrogen and oxygen atoms in total. The van der Waals surface area contributed by atoms with Gasteiger partial charge in [0.2, 0.25) is 0 Å². The van der Waals surface area contributed by atoms with E-state index in [-0.39, 0.29) is 12.0 Å². The molecular weight excluding hydrogens is 358 g/mol. The molecule has 1 aromatic carbocycles. The summed E-state index contributed by atoms with van der Waals surface area (Å²) in [7, 11) is 4.21. The molecule has 0 bridgehead atoms. The van der Waals surface area contributed by atoms with E-state index in [0.29, 0.717) is 13.2 Å². The minimum atomic E-state index is -0.458. The zero-order valence-electron chi connectivity index (χ0n) is 16.4. The van der Waals surface area contributed by atoms with Crippen LogP contribution in [0, 0.1) is 6.92 Å². The van der Waals surface area contributed by atoms with E-state index < -0.39 is 6.04 Å². The zero-order chi connectivity index (χ0) is 19.2. The molecule has 2 unspecified atom stereocenters. The highest BCUT2D eigenvalue weighted by Crippen LogP contribution is 2.19. The molecule has 27 heavy (non-hydrogen) atoms. The Labute approximate surface area is 165 Å². The first-order chi connectivity index (χ1) is 13.0. The van der Waals surface area contributed by atoms with Crippen LogP contribution in [0.3, 0.4) is 0 Å². The molecule has 0 radical (unpaired) electrons. The van der Waals surface area contributed by atoms with Gasteiger partial charge >= 0.3 is 5.97 Å². The van der Waals surface area contributed by atoms with E-state index in [9.17, 15) is 4.79 Å². The second kappa shape index (κ2) is 9.46. The fourth-order valence-corrected chi connectivity index (χ4v) is 4.15. The normalized spacial score (nSPS) is 19.7. The number of esters is 1. The molecule has 146 valence electrons. The largest absolute Gasteiger partial charge is 0.463 e. The summed E-state index contributed by atoms with van der Waals surface area (Å²) < 4.78 is 5.74. The minimum Gasteiger partial charge on any atom is -0.463 e. The van der Waals surface area contributed by atoms with Crippen molar-refractivity contribution in [2.24, 2.45) is 0 Å². The van der Waals surface area contributed by atoms with E-state index in [1.165, 1.54) is 9.75 Å². The van der Waals surface area contributed by atoms with Gasteiger partial charge in [0, 0.05) is 35.9 Å². The summed E-state index contributed by atoms with van der Waals surface area (Å²) in [6, 6.07) is 13.8. The predicted octanol–water partition coefficient (Wildman–Crippen LogP) is 2.68. The molecule has 2 atom stereocenters. The van der Waals surface area contributed by atoms with E-state index in [4.69, 9.17) is 4.74 Å². The lowest BCUT2D eigenvalue weighted by Crippen LogP contribution is -2.52. The first-order valence-electron chi connectivity index (χ1n) is 9.42. The van der Waals surface area contributed by atoms with Gasteiger partial charge in [-0.05, 0) is 38.7 Å². The number of thiophene rings is 1. The summed E-state index contributed by atoms with van der Waals surface area (Å²) in [5, 5.41) is 3.39. The van der Waals surface area contributed by atoms with Gasteiger partial charge in [-0.3, -0.25) is 10.2 Å². The first-order valence-corrected chi connectivity index (χ1v) is 10.2. The van der Waals surface area contributed by atoms with Crippen molar-refractivity contribution in [3.8, 4) is 0 Å². The quantitative estimate of drug-likeness (QED) is 0.740. The first kappa shape index (κ1) is 20.0. The lowest BCUT2D eigenvalue weighted by atomic mass is 10.1. The highest BCUT2D eigenvalue weighted by atomic mass is 32.1. The number of hydrogen-bond donors (Lipinski definition) is 1. The summed E-state index contributed by atoms with van der Waals surface area (Å²) in [6.45, 7) is 6.13. The monoisotopic (exact) mass is 387 g/mol. The Balaban J connectivity index is 1.63. The van der Waals surface area contributed by atoms with E-state index in [1.807, 2.05) is 30.3 Å². The number of hydrogen-bond acceptors (Lipinski definition) is 6. The number of aryl methyl sites for hydroxylation is 1. The molecule has 1 aromatic heterocycles. The SMILES string of the molecule is Cc1ccc(CNC(C(=O)OCC2CN(C)CCN2C)c2ccccc2)s1. The Bertz CT molecular complexity index is 734. The molecular formula is C21H29N3O2S. The molecule has 1 saturated heterocycles. The highest BCUT2D eigenvalue weighted by Gasteiger charge is 2.26. The van der Waals surface area contributed by atoms with Crippen molar-refractivity contribution in [1.82, 2.24) is 15.1 Å². The minimum absolute atomic E-state index is 0.212. The number of carbonyl (C=O) groups is 1. The van der Waals surface area contributed by atoms with E-state index >= 15 is 0 Å². The van der Waals surface area contributed by atoms with Gasteiger partial charge < -0.3 is 9.64 Å². The molecule has 1 N–H and O–H groups in total. The Morgan fingerprint density at radius 1 is 1.22 bits per heavy atom. The summed E-state index contributed by atoms with van der Waals surface area (Å²) in [5.74, 6) is -0.212. The molecule has 1 aliphatic rings. The van der Waals surface area contributed by atoms with E-state index in [1.54, 1.807) is 11.3 Å². The number of ether oxygens (including phenoxy) is 1. The van der Waals surface area contributed by atoms with Crippen molar-refractivity contribution in [3.05, 3.63) is 57.8 Å². The fourth-order valence-electron chi connectivity index (χ4n) is 3.31. The number of carbonyl (C=O) groups excluding carboxylic acids is 1. The summed E-state index contributed by atoms with van der Waals surface area (Å²) in [5.41, 5.74) is 0.935. The van der Waals surface area contributed by atoms with Gasteiger partial charge in [-0.2, -0.15) is 0 Å². The summed E-state index contributed by atoms with van der Waals surface area (Å²) in [6.07, 6.45) is 0. The van der Waals surface area contributed by atoms with Gasteiger partial charge in [0.15, 0.2) is 0 Å². The number of benzene rings is 1. The van der Waals surface area contributed by atoms with Crippen LogP contribution in [0.4, 0.5) is 0 Å². The fraction of sp³-hybridized carbons (Fsp3) is 0.476. The molecule has 6 heteroatoms. The molecule has 1 fully saturated rings. The highest BCUT2D eigenvalue weighted by molar-refractivity contribution is 7.11. The second-order valence-electron chi connectivity index (χ2n) is 7.26. The molecule has 0 aliphatic carbocycles. The van der Waals surface area contributed by atoms with Gasteiger partial charge in [-0.1, -0.05) is 30.3 Å². The van der Waals surface area contributed by atoms with Gasteiger partial charge in [0.1, 0.15) is 12.6 Å². The van der Waals surface area contributed by atoms with Gasteiger partial charge in [0.25, 0.3) is 0 Å². The molecule has 2 heterocycles. The second-order valence-corrected chi connectivity index (χ2v) is 8.64. The van der Waals surface area contributed by atoms with Crippen molar-refractivity contribution < 1.29 is 9.53 Å². The van der Waals surface area contributed by atoms with Crippen LogP contribution in [0.5, 0.6) is 0 Å². The maximum atomic E-state index is 12.9. The third kappa shape index (κ3) is 5.62. The Morgan fingerprint density at radius 3 is 2.70 bits per heavy atom. The van der Waals surface area contributed by atoms with Crippen LogP contribution in [0.2, 0.25) is 0 Å². The average molecular weight is 388 g/mol. The molecule has 3 rings (SSSR count). The number of rotatable bonds is 7. The zero-order valence-corrected chi connectivity index (χ0v) is 17.2. The maximum Gasteiger partial charge on any atom is 0.327 e. The van der Waals surface area contributed by atoms with Crippen molar-refractivity contribution in [3.63, 3.8) is 0 Å². The number of likely N-dealkylation sites (N-methyl/N-ethyl adjacent to an activating group) is 2. The van der Waals surface area contributed by atoms with E-state index in [0.717, 1.165) is 25.2 Å². The molecule has 1 aliphatic heterocycles. The van der Waals surface area contributed by atoms with Crippen LogP contribution in [0.1, 0.15) is 21.4 Å². The maximum absolute atomic E-state index is 12.9.